The van der Waals surface area contributed by atoms with Crippen molar-refractivity contribution in [2.75, 3.05) is 13.1 Å². The Bertz CT molecular complexity index is 139. The largest absolute Gasteiger partial charge is 0.393 e. The standard InChI is InChI=1S/C10H21NO2/c1-8(12)6-11-7-9-4-2-3-5-10(9)13/h8-13H,2-7H2,1H3/t8-,9?,10?/m0/s1. The summed E-state index contributed by atoms with van der Waals surface area (Å²) in [6.07, 6.45) is 4.04. The van der Waals surface area contributed by atoms with E-state index in [1.807, 2.05) is 0 Å². The van der Waals surface area contributed by atoms with Crippen LogP contribution in [0.15, 0.2) is 0 Å². The molecule has 0 aliphatic heterocycles. The molecular formula is C10H21NO2. The van der Waals surface area contributed by atoms with Crippen LogP contribution in [0, 0.1) is 5.92 Å². The molecule has 0 spiro atoms. The average Bonchev–Trinajstić information content (AvgIpc) is 2.08. The molecule has 13 heavy (non-hydrogen) atoms. The number of rotatable bonds is 4. The predicted molar refractivity (Wildman–Crippen MR) is 52.5 cm³/mol. The smallest absolute Gasteiger partial charge is 0.0636 e. The van der Waals surface area contributed by atoms with Gasteiger partial charge in [-0.1, -0.05) is 12.8 Å². The molecule has 0 saturated heterocycles. The van der Waals surface area contributed by atoms with Gasteiger partial charge in [-0.25, -0.2) is 0 Å². The highest BCUT2D eigenvalue weighted by molar-refractivity contribution is 4.76. The van der Waals surface area contributed by atoms with E-state index >= 15 is 0 Å². The second-order valence-electron chi connectivity index (χ2n) is 4.12. The van der Waals surface area contributed by atoms with Gasteiger partial charge in [0.1, 0.15) is 0 Å². The van der Waals surface area contributed by atoms with Crippen LogP contribution < -0.4 is 5.32 Å². The van der Waals surface area contributed by atoms with Gasteiger partial charge < -0.3 is 15.5 Å². The zero-order chi connectivity index (χ0) is 9.68. The van der Waals surface area contributed by atoms with Crippen molar-refractivity contribution in [1.29, 1.82) is 0 Å². The lowest BCUT2D eigenvalue weighted by Gasteiger charge is -2.27. The summed E-state index contributed by atoms with van der Waals surface area (Å²) in [7, 11) is 0. The molecule has 0 aromatic heterocycles. The quantitative estimate of drug-likeness (QED) is 0.601. The Kier molecular flexibility index (Phi) is 4.70. The van der Waals surface area contributed by atoms with Crippen molar-refractivity contribution >= 4 is 0 Å². The molecule has 1 fully saturated rings. The first kappa shape index (κ1) is 11.0. The van der Waals surface area contributed by atoms with E-state index in [4.69, 9.17) is 5.11 Å². The lowest BCUT2D eigenvalue weighted by Crippen LogP contribution is -2.36. The third-order valence-corrected chi connectivity index (χ3v) is 2.72. The molecule has 0 radical (unpaired) electrons. The Labute approximate surface area is 80.2 Å². The monoisotopic (exact) mass is 187 g/mol. The summed E-state index contributed by atoms with van der Waals surface area (Å²) < 4.78 is 0. The van der Waals surface area contributed by atoms with E-state index in [-0.39, 0.29) is 12.2 Å². The first-order chi connectivity index (χ1) is 6.20. The Morgan fingerprint density at radius 3 is 2.69 bits per heavy atom. The minimum absolute atomic E-state index is 0.129. The van der Waals surface area contributed by atoms with E-state index in [1.54, 1.807) is 6.92 Å². The second-order valence-corrected chi connectivity index (χ2v) is 4.12. The van der Waals surface area contributed by atoms with Gasteiger partial charge in [-0.2, -0.15) is 0 Å². The zero-order valence-corrected chi connectivity index (χ0v) is 8.37. The number of aliphatic hydroxyl groups is 2. The van der Waals surface area contributed by atoms with Crippen LogP contribution in [0.3, 0.4) is 0 Å². The molecule has 1 aliphatic carbocycles. The normalized spacial score (nSPS) is 31.6. The maximum absolute atomic E-state index is 9.63. The van der Waals surface area contributed by atoms with Gasteiger partial charge >= 0.3 is 0 Å². The van der Waals surface area contributed by atoms with Crippen LogP contribution in [0.1, 0.15) is 32.6 Å². The average molecular weight is 187 g/mol. The van der Waals surface area contributed by atoms with Crippen LogP contribution in [0.5, 0.6) is 0 Å². The van der Waals surface area contributed by atoms with E-state index in [9.17, 15) is 5.11 Å². The number of nitrogens with one attached hydrogen (secondary N) is 1. The Morgan fingerprint density at radius 2 is 2.08 bits per heavy atom. The van der Waals surface area contributed by atoms with Gasteiger partial charge in [0, 0.05) is 13.1 Å². The number of hydrogen-bond donors (Lipinski definition) is 3. The molecule has 1 rings (SSSR count). The van der Waals surface area contributed by atoms with Crippen molar-refractivity contribution < 1.29 is 10.2 Å². The second kappa shape index (κ2) is 5.58. The molecule has 1 saturated carbocycles. The minimum atomic E-state index is -0.291. The molecule has 0 bridgehead atoms. The zero-order valence-electron chi connectivity index (χ0n) is 8.37. The summed E-state index contributed by atoms with van der Waals surface area (Å²) >= 11 is 0. The van der Waals surface area contributed by atoms with Crippen molar-refractivity contribution in [1.82, 2.24) is 5.32 Å². The van der Waals surface area contributed by atoms with Gasteiger partial charge in [0.25, 0.3) is 0 Å². The third kappa shape index (κ3) is 4.07. The fraction of sp³-hybridized carbons (Fsp3) is 1.00. The first-order valence-corrected chi connectivity index (χ1v) is 5.27. The van der Waals surface area contributed by atoms with Crippen molar-refractivity contribution in [3.05, 3.63) is 0 Å². The molecule has 3 N–H and O–H groups in total. The summed E-state index contributed by atoms with van der Waals surface area (Å²) in [5, 5.41) is 21.8. The van der Waals surface area contributed by atoms with Crippen molar-refractivity contribution in [2.24, 2.45) is 5.92 Å². The highest BCUT2D eigenvalue weighted by Gasteiger charge is 2.22. The van der Waals surface area contributed by atoms with Crippen molar-refractivity contribution in [3.8, 4) is 0 Å². The lowest BCUT2D eigenvalue weighted by molar-refractivity contribution is 0.0675. The summed E-state index contributed by atoms with van der Waals surface area (Å²) in [5.41, 5.74) is 0. The Hall–Kier alpha value is -0.120. The molecule has 2 unspecified atom stereocenters. The SMILES string of the molecule is C[C@H](O)CNCC1CCCCC1O. The van der Waals surface area contributed by atoms with E-state index in [2.05, 4.69) is 5.32 Å². The van der Waals surface area contributed by atoms with Crippen molar-refractivity contribution in [2.45, 2.75) is 44.8 Å². The first-order valence-electron chi connectivity index (χ1n) is 5.27. The highest BCUT2D eigenvalue weighted by atomic mass is 16.3. The Balaban J connectivity index is 2.11. The summed E-state index contributed by atoms with van der Waals surface area (Å²) in [4.78, 5) is 0. The van der Waals surface area contributed by atoms with Gasteiger partial charge in [0.15, 0.2) is 0 Å². The van der Waals surface area contributed by atoms with E-state index in [0.29, 0.717) is 12.5 Å². The van der Waals surface area contributed by atoms with E-state index in [1.165, 1.54) is 6.42 Å². The lowest BCUT2D eigenvalue weighted by atomic mass is 9.86. The molecule has 3 nitrogen and oxygen atoms in total. The van der Waals surface area contributed by atoms with Crippen LogP contribution in [-0.2, 0) is 0 Å². The maximum atomic E-state index is 9.63. The number of aliphatic hydroxyl groups excluding tert-OH is 2. The Morgan fingerprint density at radius 1 is 1.38 bits per heavy atom. The predicted octanol–water partition coefficient (Wildman–Crippen LogP) is 0.508. The van der Waals surface area contributed by atoms with Crippen LogP contribution in [-0.4, -0.2) is 35.5 Å². The molecule has 1 aliphatic rings. The van der Waals surface area contributed by atoms with E-state index in [0.717, 1.165) is 25.8 Å². The van der Waals surface area contributed by atoms with Crippen LogP contribution in [0.4, 0.5) is 0 Å². The molecular weight excluding hydrogens is 166 g/mol. The van der Waals surface area contributed by atoms with Gasteiger partial charge in [-0.15, -0.1) is 0 Å². The van der Waals surface area contributed by atoms with Gasteiger partial charge in [-0.05, 0) is 25.7 Å². The summed E-state index contributed by atoms with van der Waals surface area (Å²) in [6, 6.07) is 0. The summed E-state index contributed by atoms with van der Waals surface area (Å²) in [6.45, 7) is 3.24. The topological polar surface area (TPSA) is 52.5 Å². The van der Waals surface area contributed by atoms with Crippen molar-refractivity contribution in [3.63, 3.8) is 0 Å². The maximum Gasteiger partial charge on any atom is 0.0636 e. The molecule has 3 heteroatoms. The molecule has 0 amide bonds. The number of hydrogen-bond acceptors (Lipinski definition) is 3. The molecule has 3 atom stereocenters. The van der Waals surface area contributed by atoms with Gasteiger partial charge in [0.2, 0.25) is 0 Å². The molecule has 78 valence electrons. The van der Waals surface area contributed by atoms with Crippen LogP contribution in [0.25, 0.3) is 0 Å². The van der Waals surface area contributed by atoms with Crippen LogP contribution in [0.2, 0.25) is 0 Å². The molecule has 0 heterocycles. The molecule has 0 aromatic carbocycles. The van der Waals surface area contributed by atoms with Gasteiger partial charge in [-0.3, -0.25) is 0 Å². The third-order valence-electron chi connectivity index (χ3n) is 2.72. The molecule has 0 aromatic rings. The highest BCUT2D eigenvalue weighted by Crippen LogP contribution is 2.23. The van der Waals surface area contributed by atoms with E-state index < -0.39 is 0 Å². The van der Waals surface area contributed by atoms with Crippen LogP contribution >= 0.6 is 0 Å². The fourth-order valence-electron chi connectivity index (χ4n) is 1.90. The van der Waals surface area contributed by atoms with Gasteiger partial charge in [0.05, 0.1) is 12.2 Å². The fourth-order valence-corrected chi connectivity index (χ4v) is 1.90. The summed E-state index contributed by atoms with van der Waals surface area (Å²) in [5.74, 6) is 0.396. The minimum Gasteiger partial charge on any atom is -0.393 e.